The van der Waals surface area contributed by atoms with Crippen LogP contribution in [0.4, 0.5) is 5.69 Å². The average molecular weight is 372 g/mol. The standard InChI is InChI=1S/C19H18ClN3O3/c1-23(19(25)14-10-21-16-6-4-3-5-13(14)16)11-18(24)22-12-7-8-17(26-2)15(20)9-12/h3-10,21H,11H2,1-2H3,(H,22,24). The number of anilines is 1. The van der Waals surface area contributed by atoms with Crippen molar-refractivity contribution in [3.8, 4) is 5.75 Å². The number of hydrogen-bond acceptors (Lipinski definition) is 3. The molecular formula is C19H18ClN3O3. The first-order chi connectivity index (χ1) is 12.5. The number of hydrogen-bond donors (Lipinski definition) is 2. The van der Waals surface area contributed by atoms with Crippen LogP contribution in [0.15, 0.2) is 48.7 Å². The summed E-state index contributed by atoms with van der Waals surface area (Å²) in [6.07, 6.45) is 1.66. The molecule has 7 heteroatoms. The summed E-state index contributed by atoms with van der Waals surface area (Å²) in [5.41, 5.74) is 1.94. The Kier molecular flexibility index (Phi) is 5.14. The minimum Gasteiger partial charge on any atom is -0.495 e. The number of aromatic amines is 1. The Morgan fingerprint density at radius 3 is 2.73 bits per heavy atom. The minimum atomic E-state index is -0.318. The Bertz CT molecular complexity index is 968. The van der Waals surface area contributed by atoms with Crippen LogP contribution < -0.4 is 10.1 Å². The fraction of sp³-hybridized carbons (Fsp3) is 0.158. The van der Waals surface area contributed by atoms with Gasteiger partial charge in [-0.3, -0.25) is 9.59 Å². The Morgan fingerprint density at radius 1 is 1.23 bits per heavy atom. The van der Waals surface area contributed by atoms with Crippen molar-refractivity contribution in [1.29, 1.82) is 0 Å². The van der Waals surface area contributed by atoms with Crippen LogP contribution in [0, 0.1) is 0 Å². The molecule has 0 fully saturated rings. The highest BCUT2D eigenvalue weighted by atomic mass is 35.5. The molecule has 134 valence electrons. The molecule has 2 N–H and O–H groups in total. The molecule has 0 bridgehead atoms. The number of amides is 2. The van der Waals surface area contributed by atoms with Crippen LogP contribution in [0.5, 0.6) is 5.75 Å². The number of methoxy groups -OCH3 is 1. The van der Waals surface area contributed by atoms with Gasteiger partial charge >= 0.3 is 0 Å². The first-order valence-electron chi connectivity index (χ1n) is 7.94. The topological polar surface area (TPSA) is 74.4 Å². The lowest BCUT2D eigenvalue weighted by Gasteiger charge is -2.16. The first-order valence-corrected chi connectivity index (χ1v) is 8.32. The van der Waals surface area contributed by atoms with Crippen molar-refractivity contribution in [1.82, 2.24) is 9.88 Å². The first kappa shape index (κ1) is 17.8. The molecule has 3 aromatic rings. The second-order valence-electron chi connectivity index (χ2n) is 5.81. The number of benzene rings is 2. The summed E-state index contributed by atoms with van der Waals surface area (Å²) in [4.78, 5) is 29.3. The van der Waals surface area contributed by atoms with Crippen molar-refractivity contribution in [2.45, 2.75) is 0 Å². The van der Waals surface area contributed by atoms with E-state index >= 15 is 0 Å². The molecule has 0 saturated carbocycles. The van der Waals surface area contributed by atoms with Gasteiger partial charge < -0.3 is 19.9 Å². The second kappa shape index (κ2) is 7.49. The predicted octanol–water partition coefficient (Wildman–Crippen LogP) is 3.54. The molecule has 0 atom stereocenters. The van der Waals surface area contributed by atoms with Crippen molar-refractivity contribution in [3.63, 3.8) is 0 Å². The van der Waals surface area contributed by atoms with E-state index in [1.807, 2.05) is 24.3 Å². The third kappa shape index (κ3) is 3.65. The van der Waals surface area contributed by atoms with Gasteiger partial charge in [-0.2, -0.15) is 0 Å². The monoisotopic (exact) mass is 371 g/mol. The zero-order valence-electron chi connectivity index (χ0n) is 14.4. The van der Waals surface area contributed by atoms with Crippen molar-refractivity contribution in [2.75, 3.05) is 26.0 Å². The maximum absolute atomic E-state index is 12.6. The Morgan fingerprint density at radius 2 is 2.00 bits per heavy atom. The number of fused-ring (bicyclic) bond motifs is 1. The van der Waals surface area contributed by atoms with E-state index in [1.165, 1.54) is 12.0 Å². The van der Waals surface area contributed by atoms with Gasteiger partial charge in [0.05, 0.1) is 24.2 Å². The highest BCUT2D eigenvalue weighted by molar-refractivity contribution is 6.32. The van der Waals surface area contributed by atoms with Gasteiger partial charge in [-0.05, 0) is 24.3 Å². The fourth-order valence-electron chi connectivity index (χ4n) is 2.69. The van der Waals surface area contributed by atoms with Crippen LogP contribution in [0.25, 0.3) is 10.9 Å². The van der Waals surface area contributed by atoms with Crippen LogP contribution in [0.3, 0.4) is 0 Å². The number of nitrogens with one attached hydrogen (secondary N) is 2. The number of rotatable bonds is 5. The molecule has 0 aliphatic rings. The quantitative estimate of drug-likeness (QED) is 0.720. The normalized spacial score (nSPS) is 10.6. The summed E-state index contributed by atoms with van der Waals surface area (Å²) >= 11 is 6.05. The molecule has 2 amide bonds. The molecular weight excluding hydrogens is 354 g/mol. The van der Waals surface area contributed by atoms with E-state index in [1.54, 1.807) is 31.4 Å². The zero-order valence-corrected chi connectivity index (χ0v) is 15.1. The number of H-pyrrole nitrogens is 1. The number of nitrogens with zero attached hydrogens (tertiary/aromatic N) is 1. The number of aromatic nitrogens is 1. The van der Waals surface area contributed by atoms with Gasteiger partial charge in [0.1, 0.15) is 5.75 Å². The lowest BCUT2D eigenvalue weighted by molar-refractivity contribution is -0.116. The van der Waals surface area contributed by atoms with E-state index in [0.29, 0.717) is 22.0 Å². The van der Waals surface area contributed by atoms with Crippen LogP contribution in [-0.4, -0.2) is 42.4 Å². The van der Waals surface area contributed by atoms with E-state index in [-0.39, 0.29) is 18.4 Å². The zero-order chi connectivity index (χ0) is 18.7. The molecule has 6 nitrogen and oxygen atoms in total. The lowest BCUT2D eigenvalue weighted by Crippen LogP contribution is -2.34. The summed E-state index contributed by atoms with van der Waals surface area (Å²) in [6, 6.07) is 12.5. The van der Waals surface area contributed by atoms with Gasteiger partial charge in [0, 0.05) is 29.8 Å². The van der Waals surface area contributed by atoms with E-state index in [9.17, 15) is 9.59 Å². The minimum absolute atomic E-state index is 0.0814. The Labute approximate surface area is 155 Å². The lowest BCUT2D eigenvalue weighted by atomic mass is 10.1. The number of halogens is 1. The molecule has 0 aliphatic heterocycles. The van der Waals surface area contributed by atoms with Gasteiger partial charge in [-0.15, -0.1) is 0 Å². The summed E-state index contributed by atoms with van der Waals surface area (Å²) in [5, 5.41) is 3.94. The summed E-state index contributed by atoms with van der Waals surface area (Å²) in [6.45, 7) is -0.0814. The van der Waals surface area contributed by atoms with E-state index in [4.69, 9.17) is 16.3 Å². The molecule has 0 saturated heterocycles. The van der Waals surface area contributed by atoms with Crippen molar-refractivity contribution in [3.05, 3.63) is 59.2 Å². The molecule has 1 heterocycles. The van der Waals surface area contributed by atoms with Crippen LogP contribution >= 0.6 is 11.6 Å². The van der Waals surface area contributed by atoms with Gasteiger partial charge in [0.2, 0.25) is 5.91 Å². The molecule has 0 unspecified atom stereocenters. The molecule has 0 radical (unpaired) electrons. The number of likely N-dealkylation sites (N-methyl/N-ethyl adjacent to an activating group) is 1. The van der Waals surface area contributed by atoms with E-state index < -0.39 is 0 Å². The van der Waals surface area contributed by atoms with Crippen LogP contribution in [0.2, 0.25) is 5.02 Å². The Hall–Kier alpha value is -2.99. The average Bonchev–Trinajstić information content (AvgIpc) is 3.05. The van der Waals surface area contributed by atoms with Gasteiger partial charge in [0.25, 0.3) is 5.91 Å². The Balaban J connectivity index is 1.67. The highest BCUT2D eigenvalue weighted by Crippen LogP contribution is 2.27. The SMILES string of the molecule is COc1ccc(NC(=O)CN(C)C(=O)c2c[nH]c3ccccc23)cc1Cl. The molecule has 1 aromatic heterocycles. The molecule has 0 spiro atoms. The van der Waals surface area contributed by atoms with E-state index in [0.717, 1.165) is 10.9 Å². The smallest absolute Gasteiger partial charge is 0.256 e. The maximum atomic E-state index is 12.6. The van der Waals surface area contributed by atoms with Gasteiger partial charge in [-0.25, -0.2) is 0 Å². The van der Waals surface area contributed by atoms with Crippen molar-refractivity contribution < 1.29 is 14.3 Å². The third-order valence-electron chi connectivity index (χ3n) is 3.98. The van der Waals surface area contributed by atoms with Crippen molar-refractivity contribution in [2.24, 2.45) is 0 Å². The number of carbonyl (C=O) groups is 2. The third-order valence-corrected chi connectivity index (χ3v) is 4.28. The summed E-state index contributed by atoms with van der Waals surface area (Å²) < 4.78 is 5.08. The number of ether oxygens (including phenoxy) is 1. The molecule has 2 aromatic carbocycles. The summed E-state index contributed by atoms with van der Waals surface area (Å²) in [5.74, 6) is -0.0245. The summed E-state index contributed by atoms with van der Waals surface area (Å²) in [7, 11) is 3.11. The number of para-hydroxylation sites is 1. The van der Waals surface area contributed by atoms with Crippen molar-refractivity contribution >= 4 is 40.0 Å². The predicted molar refractivity (Wildman–Crippen MR) is 102 cm³/mol. The second-order valence-corrected chi connectivity index (χ2v) is 6.21. The maximum Gasteiger partial charge on any atom is 0.256 e. The van der Waals surface area contributed by atoms with Gasteiger partial charge in [0.15, 0.2) is 0 Å². The van der Waals surface area contributed by atoms with E-state index in [2.05, 4.69) is 10.3 Å². The van der Waals surface area contributed by atoms with Gasteiger partial charge in [-0.1, -0.05) is 29.8 Å². The fourth-order valence-corrected chi connectivity index (χ4v) is 2.94. The number of carbonyl (C=O) groups excluding carboxylic acids is 2. The van der Waals surface area contributed by atoms with Crippen LogP contribution in [0.1, 0.15) is 10.4 Å². The largest absolute Gasteiger partial charge is 0.495 e. The molecule has 3 rings (SSSR count). The van der Waals surface area contributed by atoms with Crippen LogP contribution in [-0.2, 0) is 4.79 Å². The highest BCUT2D eigenvalue weighted by Gasteiger charge is 2.18. The molecule has 0 aliphatic carbocycles. The molecule has 26 heavy (non-hydrogen) atoms.